The highest BCUT2D eigenvalue weighted by Crippen LogP contribution is 2.46. The van der Waals surface area contributed by atoms with Crippen LogP contribution in [-0.2, 0) is 0 Å². The summed E-state index contributed by atoms with van der Waals surface area (Å²) in [6, 6.07) is 0. The first kappa shape index (κ1) is 32.8. The first-order valence-corrected chi connectivity index (χ1v) is 10.2. The minimum atomic E-state index is 1.04. The lowest BCUT2D eigenvalue weighted by Gasteiger charge is -2.09. The van der Waals surface area contributed by atoms with Crippen LogP contribution in [0.5, 0.6) is 0 Å². The standard InChI is InChI=1S/C9H18.C4H10.4C2H6/c1-4-8(5-2)9-6-7(9)3;1-3-4-2;4*1-2/h7-9H,4-6H2,1-3H3;3-4H2,1-2H3;4*1-2H3. The molecule has 0 heterocycles. The van der Waals surface area contributed by atoms with Crippen LogP contribution < -0.4 is 0 Å². The smallest absolute Gasteiger partial charge is 0.0358 e. The molecule has 136 valence electrons. The average Bonchev–Trinajstić information content (AvgIpc) is 3.33. The second-order valence-corrected chi connectivity index (χ2v) is 4.45. The third-order valence-corrected chi connectivity index (χ3v) is 3.33. The molecule has 0 aromatic rings. The van der Waals surface area contributed by atoms with E-state index in [0.717, 1.165) is 17.8 Å². The van der Waals surface area contributed by atoms with Gasteiger partial charge in [0.15, 0.2) is 0 Å². The zero-order chi connectivity index (χ0) is 18.3. The van der Waals surface area contributed by atoms with Crippen LogP contribution in [0.25, 0.3) is 0 Å². The monoisotopic (exact) mass is 304 g/mol. The van der Waals surface area contributed by atoms with Crippen LogP contribution in [0.3, 0.4) is 0 Å². The van der Waals surface area contributed by atoms with Gasteiger partial charge < -0.3 is 0 Å². The van der Waals surface area contributed by atoms with Crippen LogP contribution in [0.15, 0.2) is 0 Å². The highest BCUT2D eigenvalue weighted by molar-refractivity contribution is 4.86. The van der Waals surface area contributed by atoms with Crippen molar-refractivity contribution in [3.8, 4) is 0 Å². The van der Waals surface area contributed by atoms with Crippen LogP contribution in [0.1, 0.15) is 122 Å². The Labute approximate surface area is 140 Å². The van der Waals surface area contributed by atoms with Gasteiger partial charge >= 0.3 is 0 Å². The number of unbranched alkanes of at least 4 members (excludes halogenated alkanes) is 1. The first-order chi connectivity index (χ1) is 10.2. The van der Waals surface area contributed by atoms with Gasteiger partial charge in [-0.3, -0.25) is 0 Å². The van der Waals surface area contributed by atoms with Crippen molar-refractivity contribution in [3.05, 3.63) is 0 Å². The SMILES string of the molecule is CC.CC.CC.CC.CCC(CC)C1CC1C.CCCC. The molecular weight excluding hydrogens is 252 g/mol. The molecule has 1 aliphatic carbocycles. The van der Waals surface area contributed by atoms with Gasteiger partial charge in [-0.2, -0.15) is 0 Å². The molecule has 1 saturated carbocycles. The topological polar surface area (TPSA) is 0 Å². The van der Waals surface area contributed by atoms with Crippen LogP contribution in [0.4, 0.5) is 0 Å². The number of hydrogen-bond donors (Lipinski definition) is 0. The largest absolute Gasteiger partial charge is 0.0683 e. The molecule has 0 aromatic carbocycles. The third kappa shape index (κ3) is 28.8. The Hall–Kier alpha value is 0. The van der Waals surface area contributed by atoms with E-state index in [1.165, 1.54) is 32.1 Å². The van der Waals surface area contributed by atoms with Crippen LogP contribution in [0.2, 0.25) is 0 Å². The maximum absolute atomic E-state index is 2.38. The first-order valence-electron chi connectivity index (χ1n) is 10.2. The van der Waals surface area contributed by atoms with Crippen molar-refractivity contribution >= 4 is 0 Å². The molecule has 0 amide bonds. The lowest BCUT2D eigenvalue weighted by molar-refractivity contribution is 0.414. The predicted octanol–water partition coefficient (Wildman–Crippen LogP) is 8.99. The van der Waals surface area contributed by atoms with E-state index >= 15 is 0 Å². The summed E-state index contributed by atoms with van der Waals surface area (Å²) in [6.45, 7) is 27.4. The fourth-order valence-electron chi connectivity index (χ4n) is 1.90. The summed E-state index contributed by atoms with van der Waals surface area (Å²) >= 11 is 0. The Kier molecular flexibility index (Phi) is 57.6. The molecule has 21 heavy (non-hydrogen) atoms. The summed E-state index contributed by atoms with van der Waals surface area (Å²) in [6.07, 6.45) is 6.93. The van der Waals surface area contributed by atoms with Gasteiger partial charge in [0.2, 0.25) is 0 Å². The molecule has 0 heteroatoms. The zero-order valence-corrected chi connectivity index (χ0v) is 18.3. The van der Waals surface area contributed by atoms with Gasteiger partial charge in [-0.25, -0.2) is 0 Å². The molecule has 0 radical (unpaired) electrons. The molecule has 0 aliphatic heterocycles. The highest BCUT2D eigenvalue weighted by Gasteiger charge is 2.37. The van der Waals surface area contributed by atoms with E-state index < -0.39 is 0 Å². The highest BCUT2D eigenvalue weighted by atomic mass is 14.4. The predicted molar refractivity (Wildman–Crippen MR) is 107 cm³/mol. The van der Waals surface area contributed by atoms with Gasteiger partial charge in [0.25, 0.3) is 0 Å². The fraction of sp³-hybridized carbons (Fsp3) is 1.00. The maximum atomic E-state index is 2.38. The lowest BCUT2D eigenvalue weighted by Crippen LogP contribution is -1.99. The fourth-order valence-corrected chi connectivity index (χ4v) is 1.90. The molecule has 2 atom stereocenters. The summed E-state index contributed by atoms with van der Waals surface area (Å²) in [5, 5.41) is 0. The van der Waals surface area contributed by atoms with Crippen LogP contribution >= 0.6 is 0 Å². The van der Waals surface area contributed by atoms with E-state index in [-0.39, 0.29) is 0 Å². The van der Waals surface area contributed by atoms with Gasteiger partial charge in [0.05, 0.1) is 0 Å². The molecule has 0 N–H and O–H groups in total. The summed E-state index contributed by atoms with van der Waals surface area (Å²) < 4.78 is 0. The Morgan fingerprint density at radius 1 is 0.667 bits per heavy atom. The Morgan fingerprint density at radius 3 is 0.952 bits per heavy atom. The average molecular weight is 305 g/mol. The minimum Gasteiger partial charge on any atom is -0.0683 e. The van der Waals surface area contributed by atoms with Crippen molar-refractivity contribution in [2.24, 2.45) is 17.8 Å². The second-order valence-electron chi connectivity index (χ2n) is 4.45. The zero-order valence-electron chi connectivity index (χ0n) is 18.3. The summed E-state index contributed by atoms with van der Waals surface area (Å²) in [7, 11) is 0. The molecular formula is C21H52. The van der Waals surface area contributed by atoms with E-state index in [4.69, 9.17) is 0 Å². The minimum absolute atomic E-state index is 1.04. The van der Waals surface area contributed by atoms with Gasteiger partial charge in [-0.15, -0.1) is 0 Å². The van der Waals surface area contributed by atoms with Crippen LogP contribution in [-0.4, -0.2) is 0 Å². The van der Waals surface area contributed by atoms with E-state index in [9.17, 15) is 0 Å². The van der Waals surface area contributed by atoms with E-state index in [1.54, 1.807) is 0 Å². The van der Waals surface area contributed by atoms with Gasteiger partial charge in [-0.1, -0.05) is 116 Å². The third-order valence-electron chi connectivity index (χ3n) is 3.33. The van der Waals surface area contributed by atoms with Crippen molar-refractivity contribution in [3.63, 3.8) is 0 Å². The molecule has 0 bridgehead atoms. The molecule has 1 rings (SSSR count). The molecule has 1 aliphatic rings. The Bertz CT molecular complexity index is 101. The number of rotatable bonds is 4. The quantitative estimate of drug-likeness (QED) is 0.486. The summed E-state index contributed by atoms with van der Waals surface area (Å²) in [5.41, 5.74) is 0. The summed E-state index contributed by atoms with van der Waals surface area (Å²) in [4.78, 5) is 0. The van der Waals surface area contributed by atoms with E-state index in [2.05, 4.69) is 34.6 Å². The molecule has 2 unspecified atom stereocenters. The molecule has 0 saturated heterocycles. The van der Waals surface area contributed by atoms with Crippen LogP contribution in [0, 0.1) is 17.8 Å². The van der Waals surface area contributed by atoms with Crippen molar-refractivity contribution in [2.75, 3.05) is 0 Å². The van der Waals surface area contributed by atoms with E-state index in [0.29, 0.717) is 0 Å². The molecule has 1 fully saturated rings. The van der Waals surface area contributed by atoms with Crippen molar-refractivity contribution in [2.45, 2.75) is 122 Å². The second kappa shape index (κ2) is 36.8. The van der Waals surface area contributed by atoms with Crippen molar-refractivity contribution < 1.29 is 0 Å². The van der Waals surface area contributed by atoms with Gasteiger partial charge in [0, 0.05) is 0 Å². The molecule has 0 spiro atoms. The van der Waals surface area contributed by atoms with Crippen molar-refractivity contribution in [1.82, 2.24) is 0 Å². The van der Waals surface area contributed by atoms with Crippen molar-refractivity contribution in [1.29, 1.82) is 0 Å². The Morgan fingerprint density at radius 2 is 0.905 bits per heavy atom. The number of hydrogen-bond acceptors (Lipinski definition) is 0. The Balaban J connectivity index is -0.0000000606. The molecule has 0 nitrogen and oxygen atoms in total. The van der Waals surface area contributed by atoms with Gasteiger partial charge in [0.1, 0.15) is 0 Å². The normalized spacial score (nSPS) is 16.9. The lowest BCUT2D eigenvalue weighted by atomic mass is 9.97. The molecule has 0 aromatic heterocycles. The maximum Gasteiger partial charge on any atom is -0.0358 e. The summed E-state index contributed by atoms with van der Waals surface area (Å²) in [5.74, 6) is 3.19. The van der Waals surface area contributed by atoms with Gasteiger partial charge in [-0.05, 0) is 24.2 Å². The van der Waals surface area contributed by atoms with E-state index in [1.807, 2.05) is 55.4 Å².